The standard InChI is InChI=1S/C15H19N5O.C9H11F2N2P.C5H12/c1-7(2)19-14(15(18)21)13-8(3)12-9(6-16)10(17)4-5-11(12)20-13;10-8-2-1-6(5-12-8)13-7-3-9(11,14)4-7;1-4-5(2)3/h4-6,8,16,20H,17H2,1-3H3,(H2,18,21);1-2,5,7,13H,3-4,14H2;5H,4H2,1-3H3/b14-13+,16-6?;;. The second-order valence-electron chi connectivity index (χ2n) is 10.7. The van der Waals surface area contributed by atoms with Crippen molar-refractivity contribution in [3.63, 3.8) is 0 Å². The molecule has 1 saturated carbocycles. The molecule has 2 heterocycles. The number of pyridine rings is 1. The number of hydrogen-bond acceptors (Lipinski definition) is 7. The Bertz CT molecular complexity index is 1250. The molecule has 8 nitrogen and oxygen atoms in total. The van der Waals surface area contributed by atoms with Crippen LogP contribution in [0.5, 0.6) is 0 Å². The Morgan fingerprint density at radius 2 is 1.95 bits per heavy atom. The molecular weight excluding hydrogens is 531 g/mol. The predicted molar refractivity (Wildman–Crippen MR) is 165 cm³/mol. The molecule has 11 heteroatoms. The molecule has 0 radical (unpaired) electrons. The summed E-state index contributed by atoms with van der Waals surface area (Å²) in [6.45, 7) is 12.2. The van der Waals surface area contributed by atoms with Crippen molar-refractivity contribution in [2.24, 2.45) is 16.6 Å². The number of alkyl halides is 1. The first kappa shape index (κ1) is 32.8. The predicted octanol–water partition coefficient (Wildman–Crippen LogP) is 6.36. The minimum atomic E-state index is -1.12. The molecule has 1 aromatic carbocycles. The normalized spacial score (nSPS) is 21.8. The van der Waals surface area contributed by atoms with E-state index in [1.54, 1.807) is 26.0 Å². The Hall–Kier alpha value is -3.39. The van der Waals surface area contributed by atoms with Crippen LogP contribution in [0.4, 0.5) is 25.8 Å². The summed E-state index contributed by atoms with van der Waals surface area (Å²) in [6, 6.07) is 6.58. The van der Waals surface area contributed by atoms with Crippen LogP contribution in [0, 0.1) is 17.3 Å². The average Bonchev–Trinajstić information content (AvgIpc) is 3.19. The zero-order valence-corrected chi connectivity index (χ0v) is 25.3. The summed E-state index contributed by atoms with van der Waals surface area (Å²) in [5, 5.41) is 12.7. The zero-order valence-electron chi connectivity index (χ0n) is 24.1. The summed E-state index contributed by atoms with van der Waals surface area (Å²) in [6.07, 6.45) is 4.88. The molecule has 2 aromatic rings. The van der Waals surface area contributed by atoms with Gasteiger partial charge in [0.2, 0.25) is 5.95 Å². The number of carbonyl (C=O) groups is 1. The molecule has 0 saturated heterocycles. The number of benzene rings is 1. The number of hydrogen-bond donors (Lipinski definition) is 5. The van der Waals surface area contributed by atoms with Crippen molar-refractivity contribution in [3.05, 3.63) is 58.9 Å². The molecule has 1 aliphatic carbocycles. The molecule has 2 unspecified atom stereocenters. The highest BCUT2D eigenvalue weighted by atomic mass is 31.0. The number of nitrogen functional groups attached to an aromatic ring is 1. The maximum absolute atomic E-state index is 13.1. The SMILES string of the molecule is CC(C)=N/C(C(N)=O)=C1/Nc2ccc(N)c(C=N)c2C1C.CCC(C)C.Fc1ccc(NC2CC(F)(P)C2)cn1. The first-order chi connectivity index (χ1) is 18.7. The van der Waals surface area contributed by atoms with Crippen molar-refractivity contribution in [3.8, 4) is 0 Å². The van der Waals surface area contributed by atoms with E-state index >= 15 is 0 Å². The van der Waals surface area contributed by atoms with Gasteiger partial charge in [0.05, 0.1) is 17.6 Å². The van der Waals surface area contributed by atoms with Gasteiger partial charge in [-0.3, -0.25) is 9.79 Å². The fraction of sp³-hybridized carbons (Fsp3) is 0.448. The van der Waals surface area contributed by atoms with E-state index in [0.29, 0.717) is 29.8 Å². The van der Waals surface area contributed by atoms with E-state index in [4.69, 9.17) is 16.9 Å². The van der Waals surface area contributed by atoms with Crippen LogP contribution >= 0.6 is 9.24 Å². The minimum absolute atomic E-state index is 0.129. The van der Waals surface area contributed by atoms with Gasteiger partial charge in [0.25, 0.3) is 5.91 Å². The van der Waals surface area contributed by atoms with Gasteiger partial charge in [0.1, 0.15) is 11.1 Å². The summed E-state index contributed by atoms with van der Waals surface area (Å²) in [5.41, 5.74) is 16.6. The fourth-order valence-corrected chi connectivity index (χ4v) is 4.65. The van der Waals surface area contributed by atoms with Gasteiger partial charge in [0, 0.05) is 53.7 Å². The van der Waals surface area contributed by atoms with Crippen LogP contribution in [0.2, 0.25) is 0 Å². The second kappa shape index (κ2) is 14.3. The molecule has 1 aromatic heterocycles. The highest BCUT2D eigenvalue weighted by molar-refractivity contribution is 7.18. The third kappa shape index (κ3) is 9.08. The van der Waals surface area contributed by atoms with Crippen LogP contribution in [0.25, 0.3) is 0 Å². The van der Waals surface area contributed by atoms with Crippen LogP contribution in [0.1, 0.15) is 77.8 Å². The molecule has 2 atom stereocenters. The smallest absolute Gasteiger partial charge is 0.269 e. The lowest BCUT2D eigenvalue weighted by atomic mass is 9.89. The lowest BCUT2D eigenvalue weighted by molar-refractivity contribution is -0.114. The molecule has 7 N–H and O–H groups in total. The highest BCUT2D eigenvalue weighted by Gasteiger charge is 2.40. The molecule has 218 valence electrons. The monoisotopic (exact) mass is 573 g/mol. The van der Waals surface area contributed by atoms with Crippen molar-refractivity contribution in [1.29, 1.82) is 5.41 Å². The average molecular weight is 574 g/mol. The quantitative estimate of drug-likeness (QED) is 0.0898. The van der Waals surface area contributed by atoms with Gasteiger partial charge < -0.3 is 27.5 Å². The molecule has 0 spiro atoms. The summed E-state index contributed by atoms with van der Waals surface area (Å²) in [7, 11) is 2.19. The van der Waals surface area contributed by atoms with E-state index in [1.165, 1.54) is 24.9 Å². The molecule has 1 aliphatic heterocycles. The fourth-order valence-electron chi connectivity index (χ4n) is 4.08. The van der Waals surface area contributed by atoms with Gasteiger partial charge in [-0.1, -0.05) is 43.4 Å². The summed E-state index contributed by atoms with van der Waals surface area (Å²) in [4.78, 5) is 19.4. The Morgan fingerprint density at radius 1 is 1.32 bits per heavy atom. The van der Waals surface area contributed by atoms with Gasteiger partial charge in [0.15, 0.2) is 0 Å². The number of nitrogens with two attached hydrogens (primary N) is 2. The maximum Gasteiger partial charge on any atom is 0.269 e. The molecule has 4 rings (SSSR count). The Kier molecular flexibility index (Phi) is 11.7. The van der Waals surface area contributed by atoms with Crippen LogP contribution in [0.3, 0.4) is 0 Å². The lowest BCUT2D eigenvalue weighted by Crippen LogP contribution is -2.43. The highest BCUT2D eigenvalue weighted by Crippen LogP contribution is 2.44. The van der Waals surface area contributed by atoms with E-state index in [2.05, 4.69) is 50.6 Å². The summed E-state index contributed by atoms with van der Waals surface area (Å²) in [5.74, 6) is -0.335. The van der Waals surface area contributed by atoms with Crippen LogP contribution in [0.15, 0.2) is 46.8 Å². The van der Waals surface area contributed by atoms with Gasteiger partial charge >= 0.3 is 0 Å². The van der Waals surface area contributed by atoms with Crippen molar-refractivity contribution < 1.29 is 13.6 Å². The third-order valence-corrected chi connectivity index (χ3v) is 6.98. The molecule has 2 aliphatic rings. The molecule has 1 amide bonds. The van der Waals surface area contributed by atoms with E-state index in [0.717, 1.165) is 28.6 Å². The van der Waals surface area contributed by atoms with E-state index in [-0.39, 0.29) is 17.7 Å². The van der Waals surface area contributed by atoms with Crippen LogP contribution in [-0.2, 0) is 4.79 Å². The van der Waals surface area contributed by atoms with Crippen molar-refractivity contribution in [2.75, 3.05) is 16.4 Å². The van der Waals surface area contributed by atoms with E-state index < -0.39 is 17.3 Å². The van der Waals surface area contributed by atoms with E-state index in [9.17, 15) is 13.6 Å². The minimum Gasteiger partial charge on any atom is -0.398 e. The zero-order chi connectivity index (χ0) is 30.2. The van der Waals surface area contributed by atoms with Gasteiger partial charge in [-0.2, -0.15) is 4.39 Å². The number of anilines is 3. The molecule has 0 bridgehead atoms. The number of amides is 1. The lowest BCUT2D eigenvalue weighted by Gasteiger charge is -2.39. The number of halogens is 2. The van der Waals surface area contributed by atoms with E-state index in [1.807, 2.05) is 13.0 Å². The Morgan fingerprint density at radius 3 is 2.40 bits per heavy atom. The number of allylic oxidation sites excluding steroid dienone is 1. The Balaban J connectivity index is 0.000000253. The number of primary amides is 1. The first-order valence-corrected chi connectivity index (χ1v) is 13.9. The largest absolute Gasteiger partial charge is 0.398 e. The number of nitrogens with one attached hydrogen (secondary N) is 3. The van der Waals surface area contributed by atoms with Crippen molar-refractivity contribution >= 4 is 44.1 Å². The number of aliphatic imine (C=N–C) groups is 1. The van der Waals surface area contributed by atoms with Gasteiger partial charge in [-0.05, 0) is 49.6 Å². The number of aromatic nitrogens is 1. The van der Waals surface area contributed by atoms with Gasteiger partial charge in [-0.15, -0.1) is 0 Å². The number of rotatable bonds is 6. The van der Waals surface area contributed by atoms with Gasteiger partial charge in [-0.25, -0.2) is 9.37 Å². The summed E-state index contributed by atoms with van der Waals surface area (Å²) >= 11 is 0. The third-order valence-electron chi connectivity index (χ3n) is 6.51. The second-order valence-corrected chi connectivity index (χ2v) is 11.7. The number of carbonyl (C=O) groups excluding carboxylic acids is 1. The van der Waals surface area contributed by atoms with Crippen molar-refractivity contribution in [2.45, 2.75) is 78.2 Å². The van der Waals surface area contributed by atoms with Crippen LogP contribution < -0.4 is 22.1 Å². The van der Waals surface area contributed by atoms with Crippen LogP contribution in [-0.4, -0.2) is 34.3 Å². The summed E-state index contributed by atoms with van der Waals surface area (Å²) < 4.78 is 25.5. The molecule has 1 fully saturated rings. The molecular formula is C29H42F2N7OP. The van der Waals surface area contributed by atoms with Crippen molar-refractivity contribution in [1.82, 2.24) is 4.98 Å². The maximum atomic E-state index is 13.1. The topological polar surface area (TPSA) is 142 Å². The number of nitrogens with zero attached hydrogens (tertiary/aromatic N) is 2. The Labute approximate surface area is 238 Å². The molecule has 40 heavy (non-hydrogen) atoms. The first-order valence-electron chi connectivity index (χ1n) is 13.3. The number of fused-ring (bicyclic) bond motifs is 1.